The Balaban J connectivity index is 2.57. The lowest BCUT2D eigenvalue weighted by molar-refractivity contribution is 0.0818. The zero-order valence-electron chi connectivity index (χ0n) is 14.8. The number of halogens is 1. The first-order chi connectivity index (χ1) is 13.0. The van der Waals surface area contributed by atoms with Gasteiger partial charge in [-0.05, 0) is 30.3 Å². The second kappa shape index (κ2) is 7.53. The van der Waals surface area contributed by atoms with Gasteiger partial charge in [-0.1, -0.05) is 29.8 Å². The highest BCUT2D eigenvalue weighted by atomic mass is 35.5. The van der Waals surface area contributed by atoms with E-state index in [-0.39, 0.29) is 29.1 Å². The molecule has 7 nitrogen and oxygen atoms in total. The molecule has 0 fully saturated rings. The smallest absolute Gasteiger partial charge is 0.270 e. The number of nitrogens with zero attached hydrogens (tertiary/aromatic N) is 4. The van der Waals surface area contributed by atoms with Gasteiger partial charge in [-0.15, -0.1) is 0 Å². The Labute approximate surface area is 160 Å². The fourth-order valence-electron chi connectivity index (χ4n) is 2.94. The van der Waals surface area contributed by atoms with Gasteiger partial charge >= 0.3 is 0 Å². The van der Waals surface area contributed by atoms with Crippen LogP contribution in [0.4, 0.5) is 0 Å². The molecule has 0 saturated carbocycles. The van der Waals surface area contributed by atoms with Gasteiger partial charge in [0, 0.05) is 30.2 Å². The van der Waals surface area contributed by atoms with Gasteiger partial charge in [-0.25, -0.2) is 0 Å². The third kappa shape index (κ3) is 3.38. The molecule has 1 aromatic heterocycles. The van der Waals surface area contributed by atoms with E-state index in [0.29, 0.717) is 21.6 Å². The van der Waals surface area contributed by atoms with Crippen molar-refractivity contribution in [1.82, 2.24) is 14.4 Å². The lowest BCUT2D eigenvalue weighted by atomic mass is 10.1. The molecule has 3 rings (SSSR count). The summed E-state index contributed by atoms with van der Waals surface area (Å²) in [7, 11) is 3.22. The van der Waals surface area contributed by atoms with E-state index in [9.17, 15) is 9.59 Å². The average molecular weight is 383 g/mol. The number of para-hydroxylation sites is 1. The average Bonchev–Trinajstić information content (AvgIpc) is 2.66. The highest BCUT2D eigenvalue weighted by Gasteiger charge is 2.25. The summed E-state index contributed by atoms with van der Waals surface area (Å²) >= 11 is 6.18. The van der Waals surface area contributed by atoms with E-state index in [1.807, 2.05) is 30.3 Å². The highest BCUT2D eigenvalue weighted by Crippen LogP contribution is 2.25. The first-order valence-corrected chi connectivity index (χ1v) is 8.51. The van der Waals surface area contributed by atoms with Crippen LogP contribution in [0.5, 0.6) is 0 Å². The molecule has 3 aromatic rings. The summed E-state index contributed by atoms with van der Waals surface area (Å²) in [6.07, 6.45) is 0. The number of pyridine rings is 1. The fourth-order valence-corrected chi connectivity index (χ4v) is 3.11. The second-order valence-electron chi connectivity index (χ2n) is 6.09. The second-order valence-corrected chi connectivity index (χ2v) is 6.52. The summed E-state index contributed by atoms with van der Waals surface area (Å²) in [5.41, 5.74) is 8.20. The number of carbonyl (C=O) groups excluding carboxylic acids is 1. The molecule has 1 amide bonds. The molecule has 0 bridgehead atoms. The lowest BCUT2D eigenvalue weighted by Crippen LogP contribution is -2.31. The molecule has 0 spiro atoms. The summed E-state index contributed by atoms with van der Waals surface area (Å²) in [4.78, 5) is 30.5. The molecule has 0 aliphatic carbocycles. The van der Waals surface area contributed by atoms with Crippen LogP contribution < -0.4 is 10.3 Å². The van der Waals surface area contributed by atoms with E-state index in [4.69, 9.17) is 17.1 Å². The molecular formula is C19H17ClN5O2+. The molecule has 27 heavy (non-hydrogen) atoms. The Morgan fingerprint density at radius 1 is 1.22 bits per heavy atom. The molecule has 8 heteroatoms. The van der Waals surface area contributed by atoms with Gasteiger partial charge in [0.1, 0.15) is 16.3 Å². The first-order valence-electron chi connectivity index (χ1n) is 8.13. The maximum absolute atomic E-state index is 13.1. The number of amides is 1. The highest BCUT2D eigenvalue weighted by molar-refractivity contribution is 6.31. The Hall–Kier alpha value is -3.28. The van der Waals surface area contributed by atoms with Crippen LogP contribution in [0.25, 0.3) is 16.6 Å². The molecule has 1 heterocycles. The molecule has 2 aromatic carbocycles. The van der Waals surface area contributed by atoms with Crippen molar-refractivity contribution in [2.45, 2.75) is 6.54 Å². The summed E-state index contributed by atoms with van der Waals surface area (Å²) in [5, 5.41) is 4.51. The number of carbonyl (C=O) groups is 1. The van der Waals surface area contributed by atoms with Gasteiger partial charge in [0.25, 0.3) is 5.91 Å². The van der Waals surface area contributed by atoms with Crippen LogP contribution in [-0.4, -0.2) is 29.5 Å². The molecule has 0 aliphatic rings. The predicted molar refractivity (Wildman–Crippen MR) is 104 cm³/mol. The SMILES string of the molecule is CN(C)C(=O)c1c(CN=[N+]=N)c(=O)c2ccc(Cl)cc2n1-c1ccccc1. The topological polar surface area (TPSA) is 92.6 Å². The van der Waals surface area contributed by atoms with E-state index < -0.39 is 0 Å². The normalized spacial score (nSPS) is 10.5. The van der Waals surface area contributed by atoms with E-state index in [2.05, 4.69) is 10.0 Å². The molecule has 0 radical (unpaired) electrons. The van der Waals surface area contributed by atoms with Crippen molar-refractivity contribution >= 4 is 28.4 Å². The zero-order chi connectivity index (χ0) is 19.6. The van der Waals surface area contributed by atoms with Gasteiger partial charge in [0.15, 0.2) is 12.0 Å². The van der Waals surface area contributed by atoms with Crippen LogP contribution in [0.3, 0.4) is 0 Å². The van der Waals surface area contributed by atoms with Crippen molar-refractivity contribution < 1.29 is 4.79 Å². The third-order valence-corrected chi connectivity index (χ3v) is 4.39. The molecule has 0 aliphatic heterocycles. The van der Waals surface area contributed by atoms with E-state index in [1.165, 1.54) is 4.90 Å². The Kier molecular flexibility index (Phi) is 5.16. The minimum atomic E-state index is -0.354. The van der Waals surface area contributed by atoms with Crippen LogP contribution in [0, 0.1) is 5.53 Å². The summed E-state index contributed by atoms with van der Waals surface area (Å²) in [6.45, 7) is -0.164. The summed E-state index contributed by atoms with van der Waals surface area (Å²) < 4.78 is 1.71. The molecular weight excluding hydrogens is 366 g/mol. The van der Waals surface area contributed by atoms with Crippen LogP contribution >= 0.6 is 11.6 Å². The van der Waals surface area contributed by atoms with Crippen molar-refractivity contribution in [3.8, 4) is 5.69 Å². The van der Waals surface area contributed by atoms with Crippen molar-refractivity contribution in [3.05, 3.63) is 75.0 Å². The van der Waals surface area contributed by atoms with Crippen molar-refractivity contribution in [1.29, 1.82) is 5.53 Å². The standard InChI is InChI=1S/C19H17ClN5O2/c1-24(2)19(27)17-15(11-22-23-21)18(26)14-9-8-12(20)10-16(14)25(17)13-6-4-3-5-7-13/h3-10,21H,11H2,1-2H3/q+1. The Morgan fingerprint density at radius 3 is 2.56 bits per heavy atom. The van der Waals surface area contributed by atoms with Crippen LogP contribution in [0.1, 0.15) is 16.1 Å². The quantitative estimate of drug-likeness (QED) is 0.553. The van der Waals surface area contributed by atoms with Gasteiger partial charge < -0.3 is 9.47 Å². The zero-order valence-corrected chi connectivity index (χ0v) is 15.6. The molecule has 136 valence electrons. The number of hydrogen-bond donors (Lipinski definition) is 1. The Bertz CT molecular complexity index is 1130. The molecule has 0 unspecified atom stereocenters. The minimum absolute atomic E-state index is 0.164. The van der Waals surface area contributed by atoms with Gasteiger partial charge in [-0.3, -0.25) is 9.59 Å². The summed E-state index contributed by atoms with van der Waals surface area (Å²) in [6, 6.07) is 14.2. The number of hydrogen-bond acceptors (Lipinski definition) is 4. The Morgan fingerprint density at radius 2 is 1.93 bits per heavy atom. The van der Waals surface area contributed by atoms with E-state index in [0.717, 1.165) is 0 Å². The van der Waals surface area contributed by atoms with Crippen molar-refractivity contribution in [2.75, 3.05) is 14.1 Å². The molecule has 0 atom stereocenters. The molecule has 0 saturated heterocycles. The monoisotopic (exact) mass is 382 g/mol. The lowest BCUT2D eigenvalue weighted by Gasteiger charge is -2.21. The van der Waals surface area contributed by atoms with Gasteiger partial charge in [0.05, 0.1) is 11.1 Å². The third-order valence-electron chi connectivity index (χ3n) is 4.15. The number of aromatic nitrogens is 1. The van der Waals surface area contributed by atoms with Crippen LogP contribution in [-0.2, 0) is 6.54 Å². The van der Waals surface area contributed by atoms with Crippen molar-refractivity contribution in [2.24, 2.45) is 5.11 Å². The predicted octanol–water partition coefficient (Wildman–Crippen LogP) is 3.40. The largest absolute Gasteiger partial charge is 0.343 e. The molecule has 1 N–H and O–H groups in total. The number of rotatable bonds is 4. The fraction of sp³-hybridized carbons (Fsp3) is 0.158. The minimum Gasteiger partial charge on any atom is -0.343 e. The number of nitrogens with one attached hydrogen (secondary N) is 1. The van der Waals surface area contributed by atoms with Crippen LogP contribution in [0.15, 0.2) is 58.4 Å². The maximum atomic E-state index is 13.1. The van der Waals surface area contributed by atoms with Crippen molar-refractivity contribution in [3.63, 3.8) is 0 Å². The van der Waals surface area contributed by atoms with Gasteiger partial charge in [-0.2, -0.15) is 0 Å². The maximum Gasteiger partial charge on any atom is 0.270 e. The number of benzene rings is 2. The summed E-state index contributed by atoms with van der Waals surface area (Å²) in [5.74, 6) is -0.354. The number of fused-ring (bicyclic) bond motifs is 1. The van der Waals surface area contributed by atoms with Gasteiger partial charge in [0.2, 0.25) is 4.91 Å². The van der Waals surface area contributed by atoms with E-state index >= 15 is 0 Å². The first kappa shape index (κ1) is 18.5. The van der Waals surface area contributed by atoms with Crippen LogP contribution in [0.2, 0.25) is 5.02 Å². The van der Waals surface area contributed by atoms with E-state index in [1.54, 1.807) is 36.9 Å².